The molecule has 2 N–H and O–H groups in total. The highest BCUT2D eigenvalue weighted by atomic mass is 16.2. The molecule has 0 bridgehead atoms. The van der Waals surface area contributed by atoms with Crippen LogP contribution < -0.4 is 10.7 Å². The summed E-state index contributed by atoms with van der Waals surface area (Å²) in [7, 11) is 0. The molecule has 0 spiro atoms. The van der Waals surface area contributed by atoms with E-state index in [1.54, 1.807) is 18.3 Å². The normalized spacial score (nSPS) is 10.4. The maximum absolute atomic E-state index is 11.9. The number of carbonyl (C=O) groups is 2. The van der Waals surface area contributed by atoms with Crippen molar-refractivity contribution in [3.8, 4) is 0 Å². The van der Waals surface area contributed by atoms with Crippen LogP contribution in [-0.4, -0.2) is 24.6 Å². The van der Waals surface area contributed by atoms with Crippen LogP contribution in [0.2, 0.25) is 0 Å². The number of hydrogen-bond acceptors (Lipinski definition) is 3. The van der Waals surface area contributed by atoms with E-state index in [1.165, 1.54) is 0 Å². The van der Waals surface area contributed by atoms with Gasteiger partial charge in [-0.15, -0.1) is 0 Å². The van der Waals surface area contributed by atoms with Gasteiger partial charge in [0.15, 0.2) is 0 Å². The molecule has 0 aliphatic carbocycles. The van der Waals surface area contributed by atoms with Crippen molar-refractivity contribution in [2.45, 2.75) is 6.92 Å². The fourth-order valence-electron chi connectivity index (χ4n) is 1.84. The van der Waals surface area contributed by atoms with E-state index < -0.39 is 0 Å². The number of hydrogen-bond donors (Lipinski definition) is 2. The highest BCUT2D eigenvalue weighted by Crippen LogP contribution is 2.05. The Morgan fingerprint density at radius 3 is 2.45 bits per heavy atom. The molecular weight excluding hydrogens is 278 g/mol. The summed E-state index contributed by atoms with van der Waals surface area (Å²) in [5, 5.41) is 6.40. The second-order valence-corrected chi connectivity index (χ2v) is 4.70. The van der Waals surface area contributed by atoms with Crippen molar-refractivity contribution in [1.29, 1.82) is 0 Å². The molecule has 22 heavy (non-hydrogen) atoms. The Morgan fingerprint density at radius 1 is 1.05 bits per heavy atom. The average molecular weight is 295 g/mol. The number of amides is 2. The van der Waals surface area contributed by atoms with Gasteiger partial charge in [0, 0.05) is 5.56 Å². The summed E-state index contributed by atoms with van der Waals surface area (Å²) >= 11 is 0. The summed E-state index contributed by atoms with van der Waals surface area (Å²) in [5.41, 5.74) is 4.67. The van der Waals surface area contributed by atoms with Crippen LogP contribution >= 0.6 is 0 Å². The van der Waals surface area contributed by atoms with E-state index in [9.17, 15) is 9.59 Å². The van der Waals surface area contributed by atoms with Crippen LogP contribution in [0.5, 0.6) is 0 Å². The van der Waals surface area contributed by atoms with Crippen LogP contribution in [0.3, 0.4) is 0 Å². The maximum atomic E-state index is 11.9. The van der Waals surface area contributed by atoms with Crippen LogP contribution in [-0.2, 0) is 4.79 Å². The topological polar surface area (TPSA) is 70.6 Å². The fourth-order valence-corrected chi connectivity index (χ4v) is 1.84. The predicted molar refractivity (Wildman–Crippen MR) is 85.7 cm³/mol. The van der Waals surface area contributed by atoms with Gasteiger partial charge in [0.1, 0.15) is 0 Å². The zero-order valence-corrected chi connectivity index (χ0v) is 12.2. The molecule has 2 amide bonds. The summed E-state index contributed by atoms with van der Waals surface area (Å²) in [6.07, 6.45) is 1.54. The van der Waals surface area contributed by atoms with Crippen molar-refractivity contribution in [1.82, 2.24) is 10.7 Å². The number of nitrogens with zero attached hydrogens (tertiary/aromatic N) is 1. The predicted octanol–water partition coefficient (Wildman–Crippen LogP) is 1.88. The number of rotatable bonds is 5. The second-order valence-electron chi connectivity index (χ2n) is 4.70. The SMILES string of the molecule is Cc1ccccc1C(=O)NCC(=O)NN=Cc1ccccc1. The van der Waals surface area contributed by atoms with Gasteiger partial charge in [-0.05, 0) is 24.1 Å². The number of nitrogens with one attached hydrogen (secondary N) is 2. The van der Waals surface area contributed by atoms with Crippen LogP contribution in [0, 0.1) is 6.92 Å². The molecule has 112 valence electrons. The molecule has 2 rings (SSSR count). The minimum atomic E-state index is -0.380. The first kappa shape index (κ1) is 15.4. The summed E-state index contributed by atoms with van der Waals surface area (Å²) < 4.78 is 0. The van der Waals surface area contributed by atoms with Gasteiger partial charge in [0.05, 0.1) is 12.8 Å². The van der Waals surface area contributed by atoms with E-state index in [0.717, 1.165) is 11.1 Å². The molecule has 5 heteroatoms. The molecule has 0 saturated heterocycles. The van der Waals surface area contributed by atoms with E-state index in [2.05, 4.69) is 15.8 Å². The molecule has 0 atom stereocenters. The number of benzene rings is 2. The van der Waals surface area contributed by atoms with Crippen molar-refractivity contribution < 1.29 is 9.59 Å². The largest absolute Gasteiger partial charge is 0.343 e. The second kappa shape index (κ2) is 7.73. The Balaban J connectivity index is 1.80. The first-order chi connectivity index (χ1) is 10.7. The van der Waals surface area contributed by atoms with Gasteiger partial charge in [0.25, 0.3) is 11.8 Å². The number of aryl methyl sites for hydroxylation is 1. The van der Waals surface area contributed by atoms with Crippen LogP contribution in [0.1, 0.15) is 21.5 Å². The lowest BCUT2D eigenvalue weighted by atomic mass is 10.1. The summed E-state index contributed by atoms with van der Waals surface area (Å²) in [6, 6.07) is 16.6. The van der Waals surface area contributed by atoms with Crippen molar-refractivity contribution in [3.05, 3.63) is 71.3 Å². The van der Waals surface area contributed by atoms with E-state index in [0.29, 0.717) is 5.56 Å². The highest BCUT2D eigenvalue weighted by molar-refractivity contribution is 5.97. The smallest absolute Gasteiger partial charge is 0.259 e. The molecule has 0 radical (unpaired) electrons. The lowest BCUT2D eigenvalue weighted by Gasteiger charge is -2.06. The fraction of sp³-hybridized carbons (Fsp3) is 0.118. The molecule has 0 saturated carbocycles. The molecule has 0 aliphatic heterocycles. The van der Waals surface area contributed by atoms with E-state index in [4.69, 9.17) is 0 Å². The quantitative estimate of drug-likeness (QED) is 0.653. The van der Waals surface area contributed by atoms with Gasteiger partial charge in [0.2, 0.25) is 0 Å². The zero-order valence-electron chi connectivity index (χ0n) is 12.2. The molecule has 2 aromatic carbocycles. The van der Waals surface area contributed by atoms with Gasteiger partial charge < -0.3 is 5.32 Å². The van der Waals surface area contributed by atoms with E-state index in [1.807, 2.05) is 49.4 Å². The Kier molecular flexibility index (Phi) is 5.43. The average Bonchev–Trinajstić information content (AvgIpc) is 2.54. The molecule has 0 heterocycles. The molecule has 0 unspecified atom stereocenters. The maximum Gasteiger partial charge on any atom is 0.259 e. The number of hydrazone groups is 1. The summed E-state index contributed by atoms with van der Waals surface area (Å²) in [6.45, 7) is 1.72. The standard InChI is InChI=1S/C17H17N3O2/c1-13-7-5-6-10-15(13)17(22)18-12-16(21)20-19-11-14-8-3-2-4-9-14/h2-11H,12H2,1H3,(H,18,22)(H,20,21). The van der Waals surface area contributed by atoms with Crippen LogP contribution in [0.25, 0.3) is 0 Å². The third kappa shape index (κ3) is 4.56. The van der Waals surface area contributed by atoms with Gasteiger partial charge in [-0.3, -0.25) is 9.59 Å². The summed E-state index contributed by atoms with van der Waals surface area (Å²) in [4.78, 5) is 23.6. The van der Waals surface area contributed by atoms with E-state index >= 15 is 0 Å². The van der Waals surface area contributed by atoms with Gasteiger partial charge in [-0.2, -0.15) is 5.10 Å². The molecule has 0 aliphatic rings. The lowest BCUT2D eigenvalue weighted by Crippen LogP contribution is -2.35. The molecule has 5 nitrogen and oxygen atoms in total. The Labute approximate surface area is 129 Å². The van der Waals surface area contributed by atoms with Crippen molar-refractivity contribution in [3.63, 3.8) is 0 Å². The van der Waals surface area contributed by atoms with Crippen LogP contribution in [0.15, 0.2) is 59.7 Å². The van der Waals surface area contributed by atoms with E-state index in [-0.39, 0.29) is 18.4 Å². The lowest BCUT2D eigenvalue weighted by molar-refractivity contribution is -0.120. The third-order valence-corrected chi connectivity index (χ3v) is 3.00. The van der Waals surface area contributed by atoms with Crippen LogP contribution in [0.4, 0.5) is 0 Å². The van der Waals surface area contributed by atoms with Gasteiger partial charge in [-0.25, -0.2) is 5.43 Å². The first-order valence-corrected chi connectivity index (χ1v) is 6.87. The summed E-state index contributed by atoms with van der Waals surface area (Å²) in [5.74, 6) is -0.658. The molecule has 0 fully saturated rings. The van der Waals surface area contributed by atoms with Crippen molar-refractivity contribution in [2.75, 3.05) is 6.54 Å². The third-order valence-electron chi connectivity index (χ3n) is 3.00. The Bertz CT molecular complexity index is 681. The minimum Gasteiger partial charge on any atom is -0.343 e. The molecular formula is C17H17N3O2. The highest BCUT2D eigenvalue weighted by Gasteiger charge is 2.09. The van der Waals surface area contributed by atoms with Gasteiger partial charge in [-0.1, -0.05) is 48.5 Å². The molecule has 0 aromatic heterocycles. The minimum absolute atomic E-state index is 0.126. The van der Waals surface area contributed by atoms with Crippen molar-refractivity contribution in [2.24, 2.45) is 5.10 Å². The molecule has 2 aromatic rings. The Hall–Kier alpha value is -2.95. The first-order valence-electron chi connectivity index (χ1n) is 6.87. The van der Waals surface area contributed by atoms with Gasteiger partial charge >= 0.3 is 0 Å². The van der Waals surface area contributed by atoms with Crippen molar-refractivity contribution >= 4 is 18.0 Å². The zero-order chi connectivity index (χ0) is 15.8. The number of carbonyl (C=O) groups excluding carboxylic acids is 2. The monoisotopic (exact) mass is 295 g/mol. The Morgan fingerprint density at radius 2 is 1.73 bits per heavy atom.